The number of hydrogen-bond donors (Lipinski definition) is 1. The molecule has 1 N–H and O–H groups in total. The zero-order chi connectivity index (χ0) is 26.2. The van der Waals surface area contributed by atoms with Crippen molar-refractivity contribution in [1.29, 1.82) is 0 Å². The highest BCUT2D eigenvalue weighted by Crippen LogP contribution is 2.54. The van der Waals surface area contributed by atoms with E-state index in [2.05, 4.69) is 6.92 Å². The second kappa shape index (κ2) is 10.7. The molecule has 8 nitrogen and oxygen atoms in total. The minimum absolute atomic E-state index is 0.00410. The molecule has 36 heavy (non-hydrogen) atoms. The van der Waals surface area contributed by atoms with Crippen LogP contribution in [0.25, 0.3) is 0 Å². The smallest absolute Gasteiger partial charge is 0.249 e. The van der Waals surface area contributed by atoms with Gasteiger partial charge in [-0.15, -0.1) is 0 Å². The SMILES string of the molecule is CCCC(C)N1CC=C[C@]23O[C@H]4C=CCN(CCC)C(=O)[C@H]4[C@H]2C(=O)N([C@@H](CO)CC(C)C)C3C1=O. The van der Waals surface area contributed by atoms with Crippen LogP contribution in [0.3, 0.4) is 0 Å². The van der Waals surface area contributed by atoms with Crippen molar-refractivity contribution in [2.45, 2.75) is 90.1 Å². The van der Waals surface area contributed by atoms with Crippen LogP contribution >= 0.6 is 0 Å². The van der Waals surface area contributed by atoms with Gasteiger partial charge in [0, 0.05) is 25.7 Å². The summed E-state index contributed by atoms with van der Waals surface area (Å²) in [6, 6.07) is -1.42. The first kappa shape index (κ1) is 26.9. The largest absolute Gasteiger partial charge is 0.394 e. The van der Waals surface area contributed by atoms with Gasteiger partial charge in [-0.05, 0) is 32.1 Å². The lowest BCUT2D eigenvalue weighted by atomic mass is 9.77. The van der Waals surface area contributed by atoms with Gasteiger partial charge in [-0.2, -0.15) is 0 Å². The molecule has 4 aliphatic heterocycles. The normalized spacial score (nSPS) is 33.5. The molecule has 4 rings (SSSR count). The van der Waals surface area contributed by atoms with Gasteiger partial charge in [-0.25, -0.2) is 0 Å². The summed E-state index contributed by atoms with van der Waals surface area (Å²) in [5, 5.41) is 10.4. The molecule has 0 aromatic carbocycles. The van der Waals surface area contributed by atoms with Crippen LogP contribution in [0.15, 0.2) is 24.3 Å². The predicted molar refractivity (Wildman–Crippen MR) is 137 cm³/mol. The van der Waals surface area contributed by atoms with Crippen molar-refractivity contribution in [2.24, 2.45) is 17.8 Å². The van der Waals surface area contributed by atoms with Gasteiger partial charge < -0.3 is 24.5 Å². The van der Waals surface area contributed by atoms with Gasteiger partial charge in [0.2, 0.25) is 17.7 Å². The summed E-state index contributed by atoms with van der Waals surface area (Å²) in [7, 11) is 0. The highest BCUT2D eigenvalue weighted by atomic mass is 16.5. The number of fused-ring (bicyclic) bond motifs is 2. The lowest BCUT2D eigenvalue weighted by Gasteiger charge is -2.40. The third-order valence-electron chi connectivity index (χ3n) is 8.29. The van der Waals surface area contributed by atoms with Crippen LogP contribution in [0, 0.1) is 17.8 Å². The molecule has 2 saturated heterocycles. The molecule has 4 aliphatic rings. The maximum atomic E-state index is 14.3. The molecule has 2 fully saturated rings. The van der Waals surface area contributed by atoms with E-state index in [1.165, 1.54) is 0 Å². The van der Waals surface area contributed by atoms with E-state index in [1.807, 2.05) is 56.9 Å². The molecule has 200 valence electrons. The van der Waals surface area contributed by atoms with Crippen molar-refractivity contribution >= 4 is 17.7 Å². The van der Waals surface area contributed by atoms with Crippen LogP contribution in [0.2, 0.25) is 0 Å². The van der Waals surface area contributed by atoms with Gasteiger partial charge >= 0.3 is 0 Å². The van der Waals surface area contributed by atoms with E-state index in [1.54, 1.807) is 9.80 Å². The fourth-order valence-electron chi connectivity index (χ4n) is 6.80. The highest BCUT2D eigenvalue weighted by molar-refractivity contribution is 6.00. The topological polar surface area (TPSA) is 90.4 Å². The van der Waals surface area contributed by atoms with Crippen molar-refractivity contribution < 1.29 is 24.2 Å². The number of aliphatic hydroxyl groups is 1. The van der Waals surface area contributed by atoms with E-state index in [4.69, 9.17) is 4.74 Å². The number of aliphatic hydroxyl groups excluding tert-OH is 1. The number of likely N-dealkylation sites (tertiary alicyclic amines) is 1. The Bertz CT molecular complexity index is 917. The molecule has 0 bridgehead atoms. The number of rotatable bonds is 9. The summed E-state index contributed by atoms with van der Waals surface area (Å²) in [6.07, 6.45) is 10.3. The van der Waals surface area contributed by atoms with E-state index >= 15 is 0 Å². The van der Waals surface area contributed by atoms with Gasteiger partial charge in [0.1, 0.15) is 11.6 Å². The van der Waals surface area contributed by atoms with Gasteiger partial charge in [0.05, 0.1) is 30.6 Å². The average Bonchev–Trinajstić information content (AvgIpc) is 3.15. The van der Waals surface area contributed by atoms with Crippen molar-refractivity contribution in [3.05, 3.63) is 24.3 Å². The van der Waals surface area contributed by atoms with Crippen LogP contribution in [0.5, 0.6) is 0 Å². The molecule has 7 atom stereocenters. The predicted octanol–water partition coefficient (Wildman–Crippen LogP) is 2.37. The molecule has 0 radical (unpaired) electrons. The first-order valence-corrected chi connectivity index (χ1v) is 13.8. The maximum absolute atomic E-state index is 14.3. The molecule has 0 aliphatic carbocycles. The Labute approximate surface area is 215 Å². The van der Waals surface area contributed by atoms with Gasteiger partial charge in [-0.1, -0.05) is 58.4 Å². The third-order valence-corrected chi connectivity index (χ3v) is 8.29. The fraction of sp³-hybridized carbons (Fsp3) is 0.750. The lowest BCUT2D eigenvalue weighted by molar-refractivity contribution is -0.152. The molecular weight excluding hydrogens is 458 g/mol. The second-order valence-electron chi connectivity index (χ2n) is 11.3. The van der Waals surface area contributed by atoms with Crippen molar-refractivity contribution in [1.82, 2.24) is 14.7 Å². The molecule has 0 aromatic heterocycles. The molecule has 8 heteroatoms. The Morgan fingerprint density at radius 3 is 2.44 bits per heavy atom. The number of carbonyl (C=O) groups is 3. The third kappa shape index (κ3) is 4.30. The van der Waals surface area contributed by atoms with Crippen LogP contribution in [0.1, 0.15) is 60.3 Å². The van der Waals surface area contributed by atoms with Crippen molar-refractivity contribution in [3.8, 4) is 0 Å². The Kier molecular flexibility index (Phi) is 7.95. The van der Waals surface area contributed by atoms with E-state index in [0.717, 1.165) is 19.3 Å². The van der Waals surface area contributed by atoms with Gasteiger partial charge in [0.25, 0.3) is 0 Å². The van der Waals surface area contributed by atoms with E-state index in [0.29, 0.717) is 26.1 Å². The number of carbonyl (C=O) groups excluding carboxylic acids is 3. The van der Waals surface area contributed by atoms with Crippen LogP contribution < -0.4 is 0 Å². The number of ether oxygens (including phenoxy) is 1. The van der Waals surface area contributed by atoms with Crippen molar-refractivity contribution in [3.63, 3.8) is 0 Å². The average molecular weight is 502 g/mol. The number of amides is 3. The lowest BCUT2D eigenvalue weighted by Crippen LogP contribution is -2.59. The van der Waals surface area contributed by atoms with E-state index < -0.39 is 35.6 Å². The summed E-state index contributed by atoms with van der Waals surface area (Å²) >= 11 is 0. The second-order valence-corrected chi connectivity index (χ2v) is 11.3. The number of nitrogens with zero attached hydrogens (tertiary/aromatic N) is 3. The van der Waals surface area contributed by atoms with Crippen LogP contribution in [-0.2, 0) is 19.1 Å². The van der Waals surface area contributed by atoms with E-state index in [9.17, 15) is 19.5 Å². The standard InChI is InChI=1S/C28H43N3O5/c1-6-10-19(5)30-15-9-12-28-23(22-21(36-28)11-8-14-29(13-7-2)25(22)33)26(34)31(24(28)27(30)35)20(17-32)16-18(3)4/h8-9,11-12,18-24,32H,6-7,10,13-17H2,1-5H3/t19?,20-,21+,22-,23+,24?,28+/m1/s1. The zero-order valence-corrected chi connectivity index (χ0v) is 22.4. The number of hydrogen-bond acceptors (Lipinski definition) is 5. The zero-order valence-electron chi connectivity index (χ0n) is 22.4. The van der Waals surface area contributed by atoms with Crippen LogP contribution in [0.4, 0.5) is 0 Å². The molecule has 1 spiro atoms. The highest BCUT2D eigenvalue weighted by Gasteiger charge is 2.72. The minimum atomic E-state index is -1.23. The monoisotopic (exact) mass is 501 g/mol. The fourth-order valence-corrected chi connectivity index (χ4v) is 6.80. The molecule has 0 aromatic rings. The molecule has 3 amide bonds. The Balaban J connectivity index is 1.83. The van der Waals surface area contributed by atoms with Gasteiger partial charge in [-0.3, -0.25) is 14.4 Å². The Morgan fingerprint density at radius 2 is 1.81 bits per heavy atom. The van der Waals surface area contributed by atoms with Crippen LogP contribution in [-0.4, -0.2) is 93.6 Å². The molecular formula is C28H43N3O5. The first-order valence-electron chi connectivity index (χ1n) is 13.8. The summed E-state index contributed by atoms with van der Waals surface area (Å²) in [4.78, 5) is 47.6. The molecule has 2 unspecified atom stereocenters. The van der Waals surface area contributed by atoms with E-state index in [-0.39, 0.29) is 36.3 Å². The summed E-state index contributed by atoms with van der Waals surface area (Å²) in [5.41, 5.74) is -1.23. The Morgan fingerprint density at radius 1 is 1.06 bits per heavy atom. The summed E-state index contributed by atoms with van der Waals surface area (Å²) < 4.78 is 6.68. The summed E-state index contributed by atoms with van der Waals surface area (Å²) in [5.74, 6) is -1.77. The molecule has 0 saturated carbocycles. The van der Waals surface area contributed by atoms with Gasteiger partial charge in [0.15, 0.2) is 0 Å². The Hall–Kier alpha value is -2.19. The maximum Gasteiger partial charge on any atom is 0.249 e. The molecule has 4 heterocycles. The summed E-state index contributed by atoms with van der Waals surface area (Å²) in [6.45, 7) is 11.5. The quantitative estimate of drug-likeness (QED) is 0.490. The minimum Gasteiger partial charge on any atom is -0.394 e. The first-order chi connectivity index (χ1) is 17.2. The van der Waals surface area contributed by atoms with Crippen molar-refractivity contribution in [2.75, 3.05) is 26.2 Å².